The number of aliphatic hydroxyl groups is 1. The van der Waals surface area contributed by atoms with Crippen molar-refractivity contribution in [3.63, 3.8) is 0 Å². The molecule has 17 heavy (non-hydrogen) atoms. The summed E-state index contributed by atoms with van der Waals surface area (Å²) in [5.41, 5.74) is 0. The molecule has 1 aromatic heterocycles. The van der Waals surface area contributed by atoms with Crippen molar-refractivity contribution in [1.82, 2.24) is 4.31 Å². The highest BCUT2D eigenvalue weighted by molar-refractivity contribution is 7.89. The lowest BCUT2D eigenvalue weighted by Crippen LogP contribution is -2.34. The number of rotatable bonds is 5. The minimum atomic E-state index is -3.44. The second-order valence-electron chi connectivity index (χ2n) is 4.07. The zero-order chi connectivity index (χ0) is 13.2. The maximum absolute atomic E-state index is 12.3. The maximum atomic E-state index is 12.3. The molecule has 6 heteroatoms. The Bertz CT molecular complexity index is 479. The van der Waals surface area contributed by atoms with Gasteiger partial charge in [0, 0.05) is 22.8 Å². The third kappa shape index (κ3) is 2.88. The number of aliphatic hydroxyl groups excluding tert-OH is 1. The molecule has 0 fully saturated rings. The zero-order valence-corrected chi connectivity index (χ0v) is 12.2. The molecule has 0 saturated carbocycles. The van der Waals surface area contributed by atoms with Crippen molar-refractivity contribution in [2.75, 3.05) is 7.05 Å². The molecule has 0 aliphatic carbocycles. The van der Waals surface area contributed by atoms with Gasteiger partial charge in [-0.1, -0.05) is 6.92 Å². The van der Waals surface area contributed by atoms with E-state index in [1.54, 1.807) is 20.0 Å². The third-order valence-corrected chi connectivity index (χ3v) is 6.21. The van der Waals surface area contributed by atoms with Crippen molar-refractivity contribution >= 4 is 21.4 Å². The fourth-order valence-corrected chi connectivity index (χ4v) is 4.40. The Kier molecular flexibility index (Phi) is 4.71. The van der Waals surface area contributed by atoms with E-state index in [2.05, 4.69) is 0 Å². The molecule has 0 aromatic carbocycles. The molecule has 1 unspecified atom stereocenters. The van der Waals surface area contributed by atoms with Gasteiger partial charge in [-0.05, 0) is 26.3 Å². The van der Waals surface area contributed by atoms with Gasteiger partial charge in [0.1, 0.15) is 0 Å². The molecule has 4 nitrogen and oxygen atoms in total. The molecular formula is C11H19NO3S2. The Morgan fingerprint density at radius 2 is 2.12 bits per heavy atom. The van der Waals surface area contributed by atoms with Crippen LogP contribution in [0.1, 0.15) is 30.0 Å². The largest absolute Gasteiger partial charge is 0.391 e. The first kappa shape index (κ1) is 14.6. The molecule has 0 aliphatic rings. The smallest absolute Gasteiger partial charge is 0.244 e. The molecule has 0 bridgehead atoms. The van der Waals surface area contributed by atoms with Crippen molar-refractivity contribution in [3.05, 3.63) is 15.8 Å². The first-order chi connectivity index (χ1) is 7.84. The molecule has 1 aromatic rings. The van der Waals surface area contributed by atoms with E-state index in [-0.39, 0.29) is 12.6 Å². The first-order valence-corrected chi connectivity index (χ1v) is 7.78. The van der Waals surface area contributed by atoms with Crippen molar-refractivity contribution in [3.8, 4) is 0 Å². The molecular weight excluding hydrogens is 258 g/mol. The van der Waals surface area contributed by atoms with Crippen LogP contribution >= 0.6 is 11.3 Å². The predicted molar refractivity (Wildman–Crippen MR) is 69.7 cm³/mol. The summed E-state index contributed by atoms with van der Waals surface area (Å²) in [6, 6.07) is 1.53. The molecule has 0 amide bonds. The van der Waals surface area contributed by atoms with Crippen molar-refractivity contribution in [2.24, 2.45) is 0 Å². The van der Waals surface area contributed by atoms with E-state index in [4.69, 9.17) is 5.11 Å². The average molecular weight is 277 g/mol. The first-order valence-electron chi connectivity index (χ1n) is 5.52. The number of nitrogens with zero attached hydrogens (tertiary/aromatic N) is 1. The Morgan fingerprint density at radius 1 is 1.53 bits per heavy atom. The lowest BCUT2D eigenvalue weighted by atomic mass is 10.3. The average Bonchev–Trinajstić information content (AvgIpc) is 2.69. The second-order valence-corrected chi connectivity index (χ2v) is 7.38. The van der Waals surface area contributed by atoms with Gasteiger partial charge in [-0.2, -0.15) is 4.31 Å². The van der Waals surface area contributed by atoms with E-state index >= 15 is 0 Å². The lowest BCUT2D eigenvalue weighted by molar-refractivity contribution is 0.285. The van der Waals surface area contributed by atoms with Crippen molar-refractivity contribution in [1.29, 1.82) is 0 Å². The quantitative estimate of drug-likeness (QED) is 0.895. The van der Waals surface area contributed by atoms with Gasteiger partial charge in [-0.25, -0.2) is 8.42 Å². The fraction of sp³-hybridized carbons (Fsp3) is 0.636. The van der Waals surface area contributed by atoms with Crippen LogP contribution in [0.2, 0.25) is 0 Å². The van der Waals surface area contributed by atoms with E-state index in [9.17, 15) is 8.42 Å². The number of aryl methyl sites for hydroxylation is 1. The highest BCUT2D eigenvalue weighted by Gasteiger charge is 2.27. The summed E-state index contributed by atoms with van der Waals surface area (Å²) >= 11 is 1.32. The topological polar surface area (TPSA) is 57.6 Å². The molecule has 1 heterocycles. The van der Waals surface area contributed by atoms with E-state index < -0.39 is 10.0 Å². The van der Waals surface area contributed by atoms with Gasteiger partial charge >= 0.3 is 0 Å². The minimum absolute atomic E-state index is 0.0307. The number of hydrogen-bond acceptors (Lipinski definition) is 4. The zero-order valence-electron chi connectivity index (χ0n) is 10.6. The second kappa shape index (κ2) is 5.48. The number of hydrogen-bond donors (Lipinski definition) is 1. The summed E-state index contributed by atoms with van der Waals surface area (Å²) in [5, 5.41) is 9.04. The summed E-state index contributed by atoms with van der Waals surface area (Å²) in [6.45, 7) is 5.48. The van der Waals surface area contributed by atoms with Crippen LogP contribution in [0.3, 0.4) is 0 Å². The van der Waals surface area contributed by atoms with Crippen molar-refractivity contribution in [2.45, 2.75) is 44.7 Å². The van der Waals surface area contributed by atoms with Gasteiger partial charge in [-0.15, -0.1) is 11.3 Å². The Balaban J connectivity index is 3.17. The maximum Gasteiger partial charge on any atom is 0.244 e. The summed E-state index contributed by atoms with van der Waals surface area (Å²) in [7, 11) is -1.84. The fourth-order valence-electron chi connectivity index (χ4n) is 1.51. The van der Waals surface area contributed by atoms with Gasteiger partial charge < -0.3 is 5.11 Å². The van der Waals surface area contributed by atoms with Gasteiger partial charge in [0.05, 0.1) is 11.5 Å². The van der Waals surface area contributed by atoms with Crippen molar-refractivity contribution < 1.29 is 13.5 Å². The van der Waals surface area contributed by atoms with E-state index in [1.807, 2.05) is 13.8 Å². The summed E-state index contributed by atoms with van der Waals surface area (Å²) in [5.74, 6) is 0. The molecule has 0 radical (unpaired) electrons. The normalized spacial score (nSPS) is 14.2. The molecule has 1 rings (SSSR count). The standard InChI is InChI=1S/C11H19NO3S2/c1-5-8(2)12(4)17(14,15)11-6-10(7-13)16-9(11)3/h6,8,13H,5,7H2,1-4H3. The predicted octanol–water partition coefficient (Wildman–Crippen LogP) is 1.97. The summed E-state index contributed by atoms with van der Waals surface area (Å²) in [6.07, 6.45) is 0.770. The third-order valence-electron chi connectivity index (χ3n) is 2.95. The van der Waals surface area contributed by atoms with E-state index in [1.165, 1.54) is 15.6 Å². The molecule has 0 saturated heterocycles. The van der Waals surface area contributed by atoms with Crippen LogP contribution in [0.5, 0.6) is 0 Å². The Hall–Kier alpha value is -0.430. The number of thiophene rings is 1. The van der Waals surface area contributed by atoms with E-state index in [0.717, 1.165) is 11.3 Å². The molecule has 1 atom stereocenters. The van der Waals surface area contributed by atoms with Crippen LogP contribution in [-0.2, 0) is 16.6 Å². The van der Waals surface area contributed by atoms with Crippen LogP contribution in [0.4, 0.5) is 0 Å². The molecule has 0 aliphatic heterocycles. The van der Waals surface area contributed by atoms with Crippen LogP contribution in [0.25, 0.3) is 0 Å². The Morgan fingerprint density at radius 3 is 2.53 bits per heavy atom. The van der Waals surface area contributed by atoms with Crippen LogP contribution in [0.15, 0.2) is 11.0 Å². The summed E-state index contributed by atoms with van der Waals surface area (Å²) < 4.78 is 26.1. The number of sulfonamides is 1. The summed E-state index contributed by atoms with van der Waals surface area (Å²) in [4.78, 5) is 1.72. The van der Waals surface area contributed by atoms with Gasteiger partial charge in [-0.3, -0.25) is 0 Å². The van der Waals surface area contributed by atoms with Gasteiger partial charge in [0.2, 0.25) is 10.0 Å². The highest BCUT2D eigenvalue weighted by Crippen LogP contribution is 2.28. The van der Waals surface area contributed by atoms with Gasteiger partial charge in [0.25, 0.3) is 0 Å². The van der Waals surface area contributed by atoms with Gasteiger partial charge in [0.15, 0.2) is 0 Å². The van der Waals surface area contributed by atoms with E-state index in [0.29, 0.717) is 9.77 Å². The SMILES string of the molecule is CCC(C)N(C)S(=O)(=O)c1cc(CO)sc1C. The molecule has 0 spiro atoms. The van der Waals surface area contributed by atoms with Crippen LogP contribution < -0.4 is 0 Å². The Labute approximate surface area is 107 Å². The highest BCUT2D eigenvalue weighted by atomic mass is 32.2. The minimum Gasteiger partial charge on any atom is -0.391 e. The lowest BCUT2D eigenvalue weighted by Gasteiger charge is -2.22. The monoisotopic (exact) mass is 277 g/mol. The van der Waals surface area contributed by atoms with Crippen LogP contribution in [0, 0.1) is 6.92 Å². The molecule has 98 valence electrons. The van der Waals surface area contributed by atoms with Crippen LogP contribution in [-0.4, -0.2) is 30.9 Å². The molecule has 1 N–H and O–H groups in total.